The summed E-state index contributed by atoms with van der Waals surface area (Å²) in [6, 6.07) is 2.28. The highest BCUT2D eigenvalue weighted by atomic mass is 19.1. The van der Waals surface area contributed by atoms with Crippen LogP contribution in [-0.4, -0.2) is 29.3 Å². The van der Waals surface area contributed by atoms with Crippen LogP contribution in [0.3, 0.4) is 0 Å². The van der Waals surface area contributed by atoms with Gasteiger partial charge in [-0.3, -0.25) is 9.59 Å². The lowest BCUT2D eigenvalue weighted by Crippen LogP contribution is -2.45. The average molecular weight is 276 g/mol. The Morgan fingerprint density at radius 2 is 2.10 bits per heavy atom. The second-order valence-electron chi connectivity index (χ2n) is 5.48. The number of benzene rings is 1. The topological polar surface area (TPSA) is 49.4 Å². The maximum Gasteiger partial charge on any atom is 0.255 e. The van der Waals surface area contributed by atoms with Crippen LogP contribution in [0.5, 0.6) is 0 Å². The van der Waals surface area contributed by atoms with Crippen molar-refractivity contribution in [3.63, 3.8) is 0 Å². The molecule has 20 heavy (non-hydrogen) atoms. The Kier molecular flexibility index (Phi) is 3.20. The number of amides is 2. The van der Waals surface area contributed by atoms with Gasteiger partial charge < -0.3 is 10.2 Å². The molecule has 5 heteroatoms. The Bertz CT molecular complexity index is 585. The van der Waals surface area contributed by atoms with E-state index < -0.39 is 11.9 Å². The maximum atomic E-state index is 13.5. The summed E-state index contributed by atoms with van der Waals surface area (Å²) < 4.78 is 13.5. The first-order chi connectivity index (χ1) is 9.58. The fraction of sp³-hybridized carbons (Fsp3) is 0.467. The third-order valence-corrected chi connectivity index (χ3v) is 4.14. The molecule has 1 N–H and O–H groups in total. The zero-order valence-electron chi connectivity index (χ0n) is 11.4. The van der Waals surface area contributed by atoms with E-state index in [-0.39, 0.29) is 11.8 Å². The maximum absolute atomic E-state index is 13.5. The first-order valence-electron chi connectivity index (χ1n) is 6.95. The highest BCUT2D eigenvalue weighted by Gasteiger charge is 2.37. The molecule has 2 amide bonds. The lowest BCUT2D eigenvalue weighted by molar-refractivity contribution is -0.125. The zero-order chi connectivity index (χ0) is 14.3. The van der Waals surface area contributed by atoms with Crippen LogP contribution >= 0.6 is 0 Å². The third-order valence-electron chi connectivity index (χ3n) is 4.14. The predicted molar refractivity (Wildman–Crippen MR) is 71.7 cm³/mol. The number of nitrogens with zero attached hydrogens (tertiary/aromatic N) is 1. The van der Waals surface area contributed by atoms with Crippen molar-refractivity contribution in [2.75, 3.05) is 6.54 Å². The molecule has 0 spiro atoms. The van der Waals surface area contributed by atoms with E-state index in [4.69, 9.17) is 0 Å². The molecule has 1 aromatic rings. The van der Waals surface area contributed by atoms with Crippen LogP contribution in [0.1, 0.15) is 40.7 Å². The molecule has 1 unspecified atom stereocenters. The summed E-state index contributed by atoms with van der Waals surface area (Å²) in [5.41, 5.74) is 2.01. The lowest BCUT2D eigenvalue weighted by Gasteiger charge is -2.25. The van der Waals surface area contributed by atoms with E-state index in [2.05, 4.69) is 5.32 Å². The van der Waals surface area contributed by atoms with Crippen LogP contribution in [0.2, 0.25) is 0 Å². The number of rotatable bonds is 1. The normalized spacial score (nSPS) is 22.5. The minimum Gasteiger partial charge on any atom is -0.354 e. The van der Waals surface area contributed by atoms with Crippen molar-refractivity contribution in [3.05, 3.63) is 34.6 Å². The summed E-state index contributed by atoms with van der Waals surface area (Å²) in [6.45, 7) is 2.86. The number of hydrogen-bond acceptors (Lipinski definition) is 2. The van der Waals surface area contributed by atoms with Crippen LogP contribution in [0.25, 0.3) is 0 Å². The third kappa shape index (κ3) is 2.07. The van der Waals surface area contributed by atoms with Crippen LogP contribution in [0, 0.1) is 12.7 Å². The Labute approximate surface area is 117 Å². The minimum atomic E-state index is -0.431. The van der Waals surface area contributed by atoms with Gasteiger partial charge in [0.15, 0.2) is 0 Å². The number of carbonyl (C=O) groups excluding carboxylic acids is 2. The Hall–Kier alpha value is -1.91. The van der Waals surface area contributed by atoms with E-state index in [1.54, 1.807) is 11.8 Å². The molecule has 2 aliphatic heterocycles. The van der Waals surface area contributed by atoms with Gasteiger partial charge in [-0.1, -0.05) is 0 Å². The zero-order valence-corrected chi connectivity index (χ0v) is 11.4. The van der Waals surface area contributed by atoms with E-state index in [1.165, 1.54) is 12.1 Å². The van der Waals surface area contributed by atoms with Crippen LogP contribution in [-0.2, 0) is 11.3 Å². The van der Waals surface area contributed by atoms with E-state index in [0.29, 0.717) is 25.1 Å². The molecule has 1 fully saturated rings. The Morgan fingerprint density at radius 1 is 1.30 bits per heavy atom. The van der Waals surface area contributed by atoms with Crippen molar-refractivity contribution in [2.24, 2.45) is 0 Å². The van der Waals surface area contributed by atoms with Crippen molar-refractivity contribution in [2.45, 2.75) is 38.8 Å². The molecule has 1 atom stereocenters. The second-order valence-corrected chi connectivity index (χ2v) is 5.48. The molecule has 2 heterocycles. The van der Waals surface area contributed by atoms with Crippen molar-refractivity contribution < 1.29 is 14.0 Å². The molecular formula is C15H17FN2O2. The first kappa shape index (κ1) is 13.1. The Morgan fingerprint density at radius 3 is 2.90 bits per heavy atom. The molecule has 1 saturated heterocycles. The van der Waals surface area contributed by atoms with Gasteiger partial charge in [0, 0.05) is 18.7 Å². The number of carbonyl (C=O) groups is 2. The average Bonchev–Trinajstić information content (AvgIpc) is 2.59. The fourth-order valence-electron chi connectivity index (χ4n) is 3.04. The number of halogens is 1. The first-order valence-corrected chi connectivity index (χ1v) is 6.95. The molecule has 0 aromatic heterocycles. The molecule has 1 aromatic carbocycles. The van der Waals surface area contributed by atoms with Gasteiger partial charge in [0.1, 0.15) is 11.9 Å². The van der Waals surface area contributed by atoms with Crippen LogP contribution in [0.15, 0.2) is 12.1 Å². The fourth-order valence-corrected chi connectivity index (χ4v) is 3.04. The van der Waals surface area contributed by atoms with Crippen molar-refractivity contribution >= 4 is 11.8 Å². The molecule has 0 bridgehead atoms. The van der Waals surface area contributed by atoms with Gasteiger partial charge in [0.05, 0.1) is 0 Å². The van der Waals surface area contributed by atoms with Crippen molar-refractivity contribution in [3.8, 4) is 0 Å². The largest absolute Gasteiger partial charge is 0.354 e. The number of hydrogen-bond donors (Lipinski definition) is 1. The number of fused-ring (bicyclic) bond motifs is 1. The summed E-state index contributed by atoms with van der Waals surface area (Å²) in [6.07, 6.45) is 2.52. The SMILES string of the molecule is Cc1cc(F)cc2c1CN(C1CCCCNC1=O)C2=O. The predicted octanol–water partition coefficient (Wildman–Crippen LogP) is 1.76. The molecule has 0 aliphatic carbocycles. The lowest BCUT2D eigenvalue weighted by atomic mass is 10.0. The molecule has 0 radical (unpaired) electrons. The molecule has 2 aliphatic rings. The summed E-state index contributed by atoms with van der Waals surface area (Å²) in [7, 11) is 0. The standard InChI is InChI=1S/C15H17FN2O2/c1-9-6-10(16)7-11-12(9)8-18(15(11)20)13-4-2-3-5-17-14(13)19/h6-7,13H,2-5,8H2,1H3,(H,17,19). The van der Waals surface area contributed by atoms with Gasteiger partial charge in [-0.25, -0.2) is 4.39 Å². The van der Waals surface area contributed by atoms with Gasteiger partial charge in [-0.2, -0.15) is 0 Å². The molecule has 106 valence electrons. The Balaban J connectivity index is 1.93. The van der Waals surface area contributed by atoms with Crippen LogP contribution < -0.4 is 5.32 Å². The van der Waals surface area contributed by atoms with Gasteiger partial charge in [0.25, 0.3) is 5.91 Å². The minimum absolute atomic E-state index is 0.0956. The monoisotopic (exact) mass is 276 g/mol. The van der Waals surface area contributed by atoms with E-state index in [0.717, 1.165) is 24.0 Å². The smallest absolute Gasteiger partial charge is 0.255 e. The summed E-state index contributed by atoms with van der Waals surface area (Å²) >= 11 is 0. The number of aryl methyl sites for hydroxylation is 1. The van der Waals surface area contributed by atoms with Crippen molar-refractivity contribution in [1.82, 2.24) is 10.2 Å². The van der Waals surface area contributed by atoms with Crippen LogP contribution in [0.4, 0.5) is 4.39 Å². The summed E-state index contributed by atoms with van der Waals surface area (Å²) in [5.74, 6) is -0.729. The van der Waals surface area contributed by atoms with E-state index in [9.17, 15) is 14.0 Å². The highest BCUT2D eigenvalue weighted by Crippen LogP contribution is 2.30. The van der Waals surface area contributed by atoms with Gasteiger partial charge in [0.2, 0.25) is 5.91 Å². The highest BCUT2D eigenvalue weighted by molar-refractivity contribution is 6.01. The molecule has 4 nitrogen and oxygen atoms in total. The van der Waals surface area contributed by atoms with Gasteiger partial charge in [-0.15, -0.1) is 0 Å². The van der Waals surface area contributed by atoms with E-state index in [1.807, 2.05) is 0 Å². The summed E-state index contributed by atoms with van der Waals surface area (Å²) in [4.78, 5) is 26.1. The number of nitrogens with one attached hydrogen (secondary N) is 1. The van der Waals surface area contributed by atoms with Gasteiger partial charge >= 0.3 is 0 Å². The van der Waals surface area contributed by atoms with Crippen molar-refractivity contribution in [1.29, 1.82) is 0 Å². The molecular weight excluding hydrogens is 259 g/mol. The molecule has 3 rings (SSSR count). The second kappa shape index (κ2) is 4.89. The van der Waals surface area contributed by atoms with Gasteiger partial charge in [-0.05, 0) is 49.4 Å². The quantitative estimate of drug-likeness (QED) is 0.849. The summed E-state index contributed by atoms with van der Waals surface area (Å²) in [5, 5.41) is 2.84. The molecule has 0 saturated carbocycles. The van der Waals surface area contributed by atoms with E-state index >= 15 is 0 Å².